The Labute approximate surface area is 101 Å². The fourth-order valence-electron chi connectivity index (χ4n) is 1.67. The van der Waals surface area contributed by atoms with Crippen molar-refractivity contribution in [2.24, 2.45) is 0 Å². The maximum Gasteiger partial charge on any atom is 0.420 e. The first-order chi connectivity index (χ1) is 7.71. The molecule has 2 nitrogen and oxygen atoms in total. The Balaban J connectivity index is 2.39. The van der Waals surface area contributed by atoms with Crippen LogP contribution in [0.2, 0.25) is 5.02 Å². The number of hydrogen-bond acceptors (Lipinski definition) is 2. The maximum atomic E-state index is 12.6. The molecule has 1 aromatic rings. The van der Waals surface area contributed by atoms with Crippen LogP contribution in [0, 0.1) is 0 Å². The number of aliphatic hydroxyl groups is 1. The van der Waals surface area contributed by atoms with Crippen LogP contribution in [0.15, 0.2) is 12.1 Å². The van der Waals surface area contributed by atoms with E-state index in [0.717, 1.165) is 6.07 Å². The van der Waals surface area contributed by atoms with Crippen LogP contribution in [0.25, 0.3) is 0 Å². The molecule has 1 aromatic carbocycles. The summed E-state index contributed by atoms with van der Waals surface area (Å²) in [4.78, 5) is 0. The average Bonchev–Trinajstić information content (AvgIpc) is 2.87. The molecule has 1 aliphatic rings. The number of phenols is 1. The highest BCUT2D eigenvalue weighted by atomic mass is 35.5. The SMILES string of the molecule is Oc1c(Cl)cc(CC2(O)CC2)cc1C(F)(F)F. The third kappa shape index (κ3) is 2.66. The first-order valence-corrected chi connectivity index (χ1v) is 5.40. The molecule has 6 heteroatoms. The van der Waals surface area contributed by atoms with Crippen LogP contribution in [0.5, 0.6) is 5.75 Å². The normalized spacial score (nSPS) is 18.2. The molecule has 0 unspecified atom stereocenters. The molecule has 0 saturated heterocycles. The number of halogens is 4. The van der Waals surface area contributed by atoms with Crippen molar-refractivity contribution < 1.29 is 23.4 Å². The van der Waals surface area contributed by atoms with Crippen LogP contribution in [0.3, 0.4) is 0 Å². The summed E-state index contributed by atoms with van der Waals surface area (Å²) in [7, 11) is 0. The van der Waals surface area contributed by atoms with Crippen LogP contribution in [0.1, 0.15) is 24.0 Å². The van der Waals surface area contributed by atoms with Crippen molar-refractivity contribution in [3.8, 4) is 5.75 Å². The molecule has 2 rings (SSSR count). The zero-order valence-electron chi connectivity index (χ0n) is 8.68. The molecule has 0 aliphatic heterocycles. The first kappa shape index (κ1) is 12.5. The van der Waals surface area contributed by atoms with Gasteiger partial charge < -0.3 is 10.2 Å². The standard InChI is InChI=1S/C11H10ClF3O2/c12-8-4-6(5-10(17)1-2-10)3-7(9(8)16)11(13,14)15/h3-4,16-17H,1-2,5H2. The van der Waals surface area contributed by atoms with Crippen LogP contribution >= 0.6 is 11.6 Å². The van der Waals surface area contributed by atoms with Gasteiger partial charge in [0.15, 0.2) is 0 Å². The minimum Gasteiger partial charge on any atom is -0.506 e. The fraction of sp³-hybridized carbons (Fsp3) is 0.455. The van der Waals surface area contributed by atoms with E-state index in [0.29, 0.717) is 12.8 Å². The van der Waals surface area contributed by atoms with E-state index in [9.17, 15) is 23.4 Å². The predicted molar refractivity (Wildman–Crippen MR) is 56.0 cm³/mol. The van der Waals surface area contributed by atoms with Crippen molar-refractivity contribution in [1.29, 1.82) is 0 Å². The summed E-state index contributed by atoms with van der Waals surface area (Å²) in [6, 6.07) is 2.08. The van der Waals surface area contributed by atoms with Gasteiger partial charge in [-0.05, 0) is 30.5 Å². The number of hydrogen-bond donors (Lipinski definition) is 2. The lowest BCUT2D eigenvalue weighted by Gasteiger charge is -2.14. The highest BCUT2D eigenvalue weighted by Crippen LogP contribution is 2.43. The zero-order valence-corrected chi connectivity index (χ0v) is 9.44. The van der Waals surface area contributed by atoms with Gasteiger partial charge >= 0.3 is 6.18 Å². The van der Waals surface area contributed by atoms with Crippen molar-refractivity contribution >= 4 is 11.6 Å². The van der Waals surface area contributed by atoms with E-state index in [1.54, 1.807) is 0 Å². The molecule has 1 aliphatic carbocycles. The highest BCUT2D eigenvalue weighted by Gasteiger charge is 2.41. The smallest absolute Gasteiger partial charge is 0.420 e. The largest absolute Gasteiger partial charge is 0.506 e. The van der Waals surface area contributed by atoms with Gasteiger partial charge in [-0.15, -0.1) is 0 Å². The number of alkyl halides is 3. The minimum absolute atomic E-state index is 0.121. The topological polar surface area (TPSA) is 40.5 Å². The molecule has 1 saturated carbocycles. The Bertz CT molecular complexity index is 453. The monoisotopic (exact) mass is 266 g/mol. The summed E-state index contributed by atoms with van der Waals surface area (Å²) < 4.78 is 37.7. The molecule has 0 atom stereocenters. The average molecular weight is 267 g/mol. The van der Waals surface area contributed by atoms with Gasteiger partial charge in [0.2, 0.25) is 0 Å². The second-order valence-corrected chi connectivity index (χ2v) is 4.78. The molecule has 17 heavy (non-hydrogen) atoms. The van der Waals surface area contributed by atoms with Crippen LogP contribution < -0.4 is 0 Å². The van der Waals surface area contributed by atoms with E-state index in [4.69, 9.17) is 11.6 Å². The summed E-state index contributed by atoms with van der Waals surface area (Å²) in [6.07, 6.45) is -3.38. The van der Waals surface area contributed by atoms with Gasteiger partial charge in [-0.1, -0.05) is 11.6 Å². The summed E-state index contributed by atoms with van der Waals surface area (Å²) in [5.74, 6) is -0.967. The summed E-state index contributed by atoms with van der Waals surface area (Å²) in [5.41, 5.74) is -1.78. The van der Waals surface area contributed by atoms with Gasteiger partial charge in [0.25, 0.3) is 0 Å². The zero-order chi connectivity index (χ0) is 12.8. The summed E-state index contributed by atoms with van der Waals surface area (Å²) in [5, 5.41) is 18.6. The second kappa shape index (κ2) is 3.78. The molecule has 0 bridgehead atoms. The van der Waals surface area contributed by atoms with Gasteiger partial charge in [0.1, 0.15) is 5.75 Å². The van der Waals surface area contributed by atoms with Gasteiger partial charge in [-0.3, -0.25) is 0 Å². The van der Waals surface area contributed by atoms with Crippen molar-refractivity contribution in [3.05, 3.63) is 28.3 Å². The van der Waals surface area contributed by atoms with Gasteiger partial charge in [0.05, 0.1) is 16.2 Å². The second-order valence-electron chi connectivity index (χ2n) is 4.37. The third-order valence-corrected chi connectivity index (χ3v) is 3.08. The number of aromatic hydroxyl groups is 1. The van der Waals surface area contributed by atoms with Crippen molar-refractivity contribution in [3.63, 3.8) is 0 Å². The molecule has 0 radical (unpaired) electrons. The Morgan fingerprint density at radius 2 is 1.88 bits per heavy atom. The van der Waals surface area contributed by atoms with E-state index in [-0.39, 0.29) is 17.0 Å². The Morgan fingerprint density at radius 1 is 1.29 bits per heavy atom. The molecule has 0 heterocycles. The summed E-state index contributed by atoms with van der Waals surface area (Å²) in [6.45, 7) is 0. The highest BCUT2D eigenvalue weighted by molar-refractivity contribution is 6.32. The molecule has 1 fully saturated rings. The number of benzene rings is 1. The lowest BCUT2D eigenvalue weighted by Crippen LogP contribution is -2.12. The van der Waals surface area contributed by atoms with Crippen molar-refractivity contribution in [1.82, 2.24) is 0 Å². The Morgan fingerprint density at radius 3 is 2.35 bits per heavy atom. The quantitative estimate of drug-likeness (QED) is 0.863. The molecular formula is C11H10ClF3O2. The Kier molecular flexibility index (Phi) is 2.78. The van der Waals surface area contributed by atoms with E-state index in [2.05, 4.69) is 0 Å². The fourth-order valence-corrected chi connectivity index (χ4v) is 1.92. The summed E-state index contributed by atoms with van der Waals surface area (Å²) >= 11 is 5.54. The van der Waals surface area contributed by atoms with Crippen LogP contribution in [0.4, 0.5) is 13.2 Å². The third-order valence-electron chi connectivity index (χ3n) is 2.79. The van der Waals surface area contributed by atoms with E-state index < -0.39 is 23.1 Å². The minimum atomic E-state index is -4.66. The van der Waals surface area contributed by atoms with Crippen molar-refractivity contribution in [2.45, 2.75) is 31.0 Å². The molecule has 0 aromatic heterocycles. The van der Waals surface area contributed by atoms with Gasteiger partial charge in [-0.2, -0.15) is 13.2 Å². The van der Waals surface area contributed by atoms with Gasteiger partial charge in [0, 0.05) is 6.42 Å². The predicted octanol–water partition coefficient (Wildman–Crippen LogP) is 3.13. The van der Waals surface area contributed by atoms with Crippen LogP contribution in [-0.4, -0.2) is 15.8 Å². The maximum absolute atomic E-state index is 12.6. The van der Waals surface area contributed by atoms with Crippen molar-refractivity contribution in [2.75, 3.05) is 0 Å². The van der Waals surface area contributed by atoms with E-state index in [1.165, 1.54) is 6.07 Å². The molecule has 0 spiro atoms. The molecule has 2 N–H and O–H groups in total. The lowest BCUT2D eigenvalue weighted by molar-refractivity contribution is -0.138. The van der Waals surface area contributed by atoms with E-state index >= 15 is 0 Å². The molecule has 94 valence electrons. The Hall–Kier alpha value is -0.940. The number of phenolic OH excluding ortho intramolecular Hbond substituents is 1. The lowest BCUT2D eigenvalue weighted by atomic mass is 10.0. The molecule has 0 amide bonds. The van der Waals surface area contributed by atoms with Gasteiger partial charge in [-0.25, -0.2) is 0 Å². The van der Waals surface area contributed by atoms with E-state index in [1.807, 2.05) is 0 Å². The number of rotatable bonds is 2. The van der Waals surface area contributed by atoms with Crippen LogP contribution in [-0.2, 0) is 12.6 Å². The first-order valence-electron chi connectivity index (χ1n) is 5.02. The molecular weight excluding hydrogens is 257 g/mol.